The Morgan fingerprint density at radius 1 is 1.47 bits per heavy atom. The number of hydrogen-bond acceptors (Lipinski definition) is 3. The quantitative estimate of drug-likeness (QED) is 0.605. The van der Waals surface area contributed by atoms with E-state index in [2.05, 4.69) is 15.9 Å². The van der Waals surface area contributed by atoms with Crippen LogP contribution in [0.1, 0.15) is 6.92 Å². The molecular formula is C11H11BrCl2O3. The van der Waals surface area contributed by atoms with E-state index in [9.17, 15) is 4.79 Å². The molecule has 17 heavy (non-hydrogen) atoms. The van der Waals surface area contributed by atoms with Crippen molar-refractivity contribution < 1.29 is 14.3 Å². The van der Waals surface area contributed by atoms with Gasteiger partial charge >= 0.3 is 5.97 Å². The van der Waals surface area contributed by atoms with Gasteiger partial charge in [0, 0.05) is 5.02 Å². The van der Waals surface area contributed by atoms with Crippen LogP contribution in [-0.2, 0) is 9.53 Å². The third kappa shape index (κ3) is 5.15. The molecule has 0 N–H and O–H groups in total. The molecule has 0 aliphatic rings. The zero-order chi connectivity index (χ0) is 12.8. The Bertz CT molecular complexity index is 398. The minimum absolute atomic E-state index is 0.166. The topological polar surface area (TPSA) is 35.5 Å². The van der Waals surface area contributed by atoms with Crippen molar-refractivity contribution in [2.75, 3.05) is 11.9 Å². The van der Waals surface area contributed by atoms with Crippen molar-refractivity contribution in [3.63, 3.8) is 0 Å². The summed E-state index contributed by atoms with van der Waals surface area (Å²) in [5.41, 5.74) is 0. The number of benzene rings is 1. The van der Waals surface area contributed by atoms with Gasteiger partial charge in [0.15, 0.2) is 0 Å². The largest absolute Gasteiger partial charge is 0.488 e. The van der Waals surface area contributed by atoms with Crippen molar-refractivity contribution in [1.82, 2.24) is 0 Å². The second-order valence-corrected chi connectivity index (χ2v) is 4.72. The summed E-state index contributed by atoms with van der Waals surface area (Å²) < 4.78 is 10.4. The fraction of sp³-hybridized carbons (Fsp3) is 0.364. The summed E-state index contributed by atoms with van der Waals surface area (Å²) in [5, 5.41) is 1.14. The van der Waals surface area contributed by atoms with Crippen molar-refractivity contribution in [2.45, 2.75) is 13.0 Å². The third-order valence-corrected chi connectivity index (χ3v) is 2.80. The molecule has 0 heterocycles. The van der Waals surface area contributed by atoms with Crippen LogP contribution in [0.4, 0.5) is 0 Å². The number of hydrogen-bond donors (Lipinski definition) is 0. The van der Waals surface area contributed by atoms with E-state index in [1.807, 2.05) is 0 Å². The highest BCUT2D eigenvalue weighted by atomic mass is 79.9. The minimum Gasteiger partial charge on any atom is -0.488 e. The number of rotatable bonds is 5. The van der Waals surface area contributed by atoms with Gasteiger partial charge in [0.25, 0.3) is 0 Å². The number of alkyl halides is 1. The first-order chi connectivity index (χ1) is 8.02. The van der Waals surface area contributed by atoms with Gasteiger partial charge in [0.2, 0.25) is 0 Å². The fourth-order valence-corrected chi connectivity index (χ4v) is 1.68. The van der Waals surface area contributed by atoms with Crippen molar-refractivity contribution in [1.29, 1.82) is 0 Å². The predicted octanol–water partition coefficient (Wildman–Crippen LogP) is 3.70. The van der Waals surface area contributed by atoms with Crippen molar-refractivity contribution in [3.05, 3.63) is 28.2 Å². The SMILES string of the molecule is CC(COc1ccc(Cl)cc1Cl)OC(=O)CBr. The molecule has 3 nitrogen and oxygen atoms in total. The van der Waals surface area contributed by atoms with Gasteiger partial charge < -0.3 is 9.47 Å². The molecular weight excluding hydrogens is 331 g/mol. The summed E-state index contributed by atoms with van der Waals surface area (Å²) in [6, 6.07) is 4.94. The van der Waals surface area contributed by atoms with Crippen LogP contribution in [0.5, 0.6) is 5.75 Å². The summed E-state index contributed by atoms with van der Waals surface area (Å²) in [6.07, 6.45) is -0.341. The van der Waals surface area contributed by atoms with Gasteiger partial charge in [-0.25, -0.2) is 0 Å². The molecule has 0 saturated heterocycles. The van der Waals surface area contributed by atoms with Crippen LogP contribution in [0.25, 0.3) is 0 Å². The summed E-state index contributed by atoms with van der Waals surface area (Å²) in [6.45, 7) is 1.98. The molecule has 1 rings (SSSR count). The lowest BCUT2D eigenvalue weighted by Crippen LogP contribution is -2.22. The number of ether oxygens (including phenoxy) is 2. The van der Waals surface area contributed by atoms with E-state index < -0.39 is 0 Å². The Hall–Kier alpha value is -0.450. The minimum atomic E-state index is -0.341. The van der Waals surface area contributed by atoms with E-state index in [1.54, 1.807) is 25.1 Å². The molecule has 0 spiro atoms. The highest BCUT2D eigenvalue weighted by Crippen LogP contribution is 2.27. The smallest absolute Gasteiger partial charge is 0.316 e. The highest BCUT2D eigenvalue weighted by Gasteiger charge is 2.10. The molecule has 6 heteroatoms. The summed E-state index contributed by atoms with van der Waals surface area (Å²) in [7, 11) is 0. The predicted molar refractivity (Wildman–Crippen MR) is 71.3 cm³/mol. The van der Waals surface area contributed by atoms with E-state index in [0.717, 1.165) is 0 Å². The highest BCUT2D eigenvalue weighted by molar-refractivity contribution is 9.09. The molecule has 0 bridgehead atoms. The molecule has 0 aliphatic carbocycles. The van der Waals surface area contributed by atoms with E-state index in [4.69, 9.17) is 32.7 Å². The van der Waals surface area contributed by atoms with Gasteiger partial charge in [-0.3, -0.25) is 4.79 Å². The van der Waals surface area contributed by atoms with Gasteiger partial charge in [0.1, 0.15) is 23.8 Å². The van der Waals surface area contributed by atoms with Crippen molar-refractivity contribution in [3.8, 4) is 5.75 Å². The Kier molecular flexibility index (Phi) is 6.09. The maximum Gasteiger partial charge on any atom is 0.316 e. The molecule has 1 aromatic rings. The maximum absolute atomic E-state index is 11.0. The van der Waals surface area contributed by atoms with E-state index in [-0.39, 0.29) is 24.0 Å². The van der Waals surface area contributed by atoms with Gasteiger partial charge in [-0.2, -0.15) is 0 Å². The van der Waals surface area contributed by atoms with Gasteiger partial charge in [-0.1, -0.05) is 39.1 Å². The zero-order valence-corrected chi connectivity index (χ0v) is 12.2. The van der Waals surface area contributed by atoms with E-state index in [0.29, 0.717) is 15.8 Å². The monoisotopic (exact) mass is 340 g/mol. The summed E-state index contributed by atoms with van der Waals surface area (Å²) in [5.74, 6) is 0.182. The molecule has 0 saturated carbocycles. The second-order valence-electron chi connectivity index (χ2n) is 3.32. The lowest BCUT2D eigenvalue weighted by atomic mass is 10.3. The average molecular weight is 342 g/mol. The first-order valence-corrected chi connectivity index (χ1v) is 6.74. The Morgan fingerprint density at radius 3 is 2.76 bits per heavy atom. The Labute approximate surface area is 118 Å². The number of esters is 1. The Balaban J connectivity index is 2.47. The number of carbonyl (C=O) groups excluding carboxylic acids is 1. The number of carbonyl (C=O) groups is 1. The lowest BCUT2D eigenvalue weighted by Gasteiger charge is -2.14. The maximum atomic E-state index is 11.0. The van der Waals surface area contributed by atoms with Crippen LogP contribution in [0.2, 0.25) is 10.0 Å². The molecule has 0 amide bonds. The van der Waals surface area contributed by atoms with Gasteiger partial charge in [0.05, 0.1) is 5.02 Å². The van der Waals surface area contributed by atoms with Crippen LogP contribution in [0.15, 0.2) is 18.2 Å². The molecule has 94 valence electrons. The van der Waals surface area contributed by atoms with Crippen LogP contribution in [0.3, 0.4) is 0 Å². The zero-order valence-electron chi connectivity index (χ0n) is 9.08. The van der Waals surface area contributed by atoms with Gasteiger partial charge in [-0.15, -0.1) is 0 Å². The first-order valence-electron chi connectivity index (χ1n) is 4.86. The molecule has 0 aromatic heterocycles. The van der Waals surface area contributed by atoms with Crippen LogP contribution >= 0.6 is 39.1 Å². The standard InChI is InChI=1S/C11H11BrCl2O3/c1-7(17-11(15)5-12)6-16-10-3-2-8(13)4-9(10)14/h2-4,7H,5-6H2,1H3. The van der Waals surface area contributed by atoms with E-state index >= 15 is 0 Å². The fourth-order valence-electron chi connectivity index (χ4n) is 1.09. The Morgan fingerprint density at radius 2 is 2.18 bits per heavy atom. The number of halogens is 3. The molecule has 0 aliphatic heterocycles. The normalized spacial score (nSPS) is 12.0. The molecule has 1 aromatic carbocycles. The molecule has 0 radical (unpaired) electrons. The van der Waals surface area contributed by atoms with Crippen LogP contribution in [-0.4, -0.2) is 24.0 Å². The first kappa shape index (κ1) is 14.6. The third-order valence-electron chi connectivity index (χ3n) is 1.81. The molecule has 0 fully saturated rings. The summed E-state index contributed by atoms with van der Waals surface area (Å²) >= 11 is 14.7. The van der Waals surface area contributed by atoms with Crippen molar-refractivity contribution >= 4 is 45.1 Å². The molecule has 1 unspecified atom stereocenters. The second kappa shape index (κ2) is 7.09. The molecule has 1 atom stereocenters. The van der Waals surface area contributed by atoms with Gasteiger partial charge in [-0.05, 0) is 25.1 Å². The van der Waals surface area contributed by atoms with E-state index in [1.165, 1.54) is 0 Å². The van der Waals surface area contributed by atoms with Crippen molar-refractivity contribution in [2.24, 2.45) is 0 Å². The van der Waals surface area contributed by atoms with Crippen LogP contribution < -0.4 is 4.74 Å². The average Bonchev–Trinajstić information content (AvgIpc) is 2.27. The van der Waals surface area contributed by atoms with Crippen LogP contribution in [0, 0.1) is 0 Å². The summed E-state index contributed by atoms with van der Waals surface area (Å²) in [4.78, 5) is 11.0. The lowest BCUT2D eigenvalue weighted by molar-refractivity contribution is -0.146.